The van der Waals surface area contributed by atoms with Crippen LogP contribution in [0.25, 0.3) is 0 Å². The number of ether oxygens (including phenoxy) is 3. The van der Waals surface area contributed by atoms with Crippen LogP contribution in [0.3, 0.4) is 0 Å². The van der Waals surface area contributed by atoms with E-state index in [2.05, 4.69) is 18.3 Å². The lowest BCUT2D eigenvalue weighted by Gasteiger charge is -2.45. The van der Waals surface area contributed by atoms with Gasteiger partial charge in [0.25, 0.3) is 0 Å². The zero-order valence-electron chi connectivity index (χ0n) is 19.9. The van der Waals surface area contributed by atoms with Crippen molar-refractivity contribution in [2.24, 2.45) is 0 Å². The van der Waals surface area contributed by atoms with Gasteiger partial charge in [0.05, 0.1) is 30.9 Å². The van der Waals surface area contributed by atoms with Crippen LogP contribution in [0.1, 0.15) is 76.5 Å². The Kier molecular flexibility index (Phi) is 11.0. The van der Waals surface area contributed by atoms with Gasteiger partial charge in [-0.05, 0) is 37.5 Å². The number of carbonyl (C=O) groups excluding carboxylic acids is 1. The van der Waals surface area contributed by atoms with Crippen molar-refractivity contribution in [2.75, 3.05) is 19.8 Å². The molecule has 1 aliphatic heterocycles. The second-order valence-electron chi connectivity index (χ2n) is 8.18. The summed E-state index contributed by atoms with van der Waals surface area (Å²) in [6.07, 6.45) is 7.73. The summed E-state index contributed by atoms with van der Waals surface area (Å²) in [4.78, 5) is 10.4. The smallest absolute Gasteiger partial charge is 0.137 e. The van der Waals surface area contributed by atoms with Gasteiger partial charge in [-0.25, -0.2) is 4.79 Å². The van der Waals surface area contributed by atoms with E-state index in [-0.39, 0.29) is 13.2 Å². The third-order valence-corrected chi connectivity index (χ3v) is 6.08. The molecule has 0 fully saturated rings. The zero-order valence-corrected chi connectivity index (χ0v) is 19.9. The molecule has 0 bridgehead atoms. The summed E-state index contributed by atoms with van der Waals surface area (Å²) in [5.41, 5.74) is 0.485. The van der Waals surface area contributed by atoms with Crippen molar-refractivity contribution in [2.45, 2.75) is 77.0 Å². The lowest BCUT2D eigenvalue weighted by molar-refractivity contribution is -0.0903. The molecule has 180 valence electrons. The van der Waals surface area contributed by atoms with Crippen LogP contribution in [0.15, 0.2) is 36.2 Å². The molecule has 2 atom stereocenters. The predicted molar refractivity (Wildman–Crippen MR) is 126 cm³/mol. The molecule has 0 aromatic heterocycles. The quantitative estimate of drug-likeness (QED) is 0.244. The minimum atomic E-state index is -0.838. The van der Waals surface area contributed by atoms with Crippen LogP contribution in [-0.4, -0.2) is 42.6 Å². The summed E-state index contributed by atoms with van der Waals surface area (Å²) in [7, 11) is 0. The van der Waals surface area contributed by atoms with E-state index in [0.717, 1.165) is 31.2 Å². The summed E-state index contributed by atoms with van der Waals surface area (Å²) in [5, 5.41) is 24.0. The third kappa shape index (κ3) is 7.10. The molecule has 7 heteroatoms. The number of nitrogens with one attached hydrogen (secondary N) is 1. The Labute approximate surface area is 197 Å². The van der Waals surface area contributed by atoms with Gasteiger partial charge in [0, 0.05) is 17.8 Å². The Bertz CT molecular complexity index is 866. The largest absolute Gasteiger partial charge is 0.494 e. The number of nitrogens with zero attached hydrogens (tertiary/aromatic N) is 1. The standard InChI is InChI=1S/C26H36N2O5/c1-4-7-8-9-15-32-21(19-31-14-10-13-29)18-28-24-22-16-20(17-27)11-12-23(22)33-26(5-2,6-3)25(24)30/h10-12,16,18,24-25,28,30H,4-9,14-15,19H2,1-3H3/t24-,25+/m1/s1. The minimum Gasteiger partial charge on any atom is -0.494 e. The van der Waals surface area contributed by atoms with Gasteiger partial charge in [-0.2, -0.15) is 5.26 Å². The highest BCUT2D eigenvalue weighted by Crippen LogP contribution is 2.43. The molecule has 1 aromatic rings. The van der Waals surface area contributed by atoms with Crippen molar-refractivity contribution in [3.8, 4) is 11.8 Å². The first kappa shape index (κ1) is 26.5. The normalized spacial score (nSPS) is 18.9. The van der Waals surface area contributed by atoms with Gasteiger partial charge in [-0.3, -0.25) is 0 Å². The van der Waals surface area contributed by atoms with E-state index >= 15 is 0 Å². The van der Waals surface area contributed by atoms with Gasteiger partial charge in [0.1, 0.15) is 35.8 Å². The second kappa shape index (κ2) is 13.7. The summed E-state index contributed by atoms with van der Waals surface area (Å²) < 4.78 is 17.7. The Morgan fingerprint density at radius 3 is 2.73 bits per heavy atom. The Morgan fingerprint density at radius 1 is 1.27 bits per heavy atom. The number of rotatable bonds is 14. The van der Waals surface area contributed by atoms with Crippen molar-refractivity contribution in [1.82, 2.24) is 5.32 Å². The van der Waals surface area contributed by atoms with Gasteiger partial charge in [0.2, 0.25) is 0 Å². The lowest BCUT2D eigenvalue weighted by atomic mass is 9.80. The molecule has 2 N–H and O–H groups in total. The summed E-state index contributed by atoms with van der Waals surface area (Å²) in [5.74, 6) is 2.92. The summed E-state index contributed by atoms with van der Waals surface area (Å²) in [6.45, 7) is 7.02. The SMILES string of the molecule is CCCCCCOC(=CN[C@@H]1c2cc(C#N)ccc2OC(CC)(CC)[C@H]1O)COCC=C=O. The maximum absolute atomic E-state index is 11.3. The van der Waals surface area contributed by atoms with Crippen LogP contribution in [0.5, 0.6) is 5.75 Å². The molecular formula is C26H36N2O5. The summed E-state index contributed by atoms with van der Waals surface area (Å²) >= 11 is 0. The van der Waals surface area contributed by atoms with E-state index < -0.39 is 17.7 Å². The van der Waals surface area contributed by atoms with Crippen molar-refractivity contribution >= 4 is 5.94 Å². The lowest BCUT2D eigenvalue weighted by Crippen LogP contribution is -2.55. The molecule has 1 heterocycles. The average molecular weight is 457 g/mol. The molecule has 0 radical (unpaired) electrons. The number of nitriles is 1. The number of unbranched alkanes of at least 4 members (excludes halogenated alkanes) is 3. The molecule has 0 amide bonds. The molecule has 7 nitrogen and oxygen atoms in total. The number of hydrogen-bond acceptors (Lipinski definition) is 7. The molecule has 1 aliphatic rings. The van der Waals surface area contributed by atoms with Crippen LogP contribution in [0.2, 0.25) is 0 Å². The Hall–Kier alpha value is -2.78. The Balaban J connectivity index is 2.26. The van der Waals surface area contributed by atoms with E-state index in [1.54, 1.807) is 30.3 Å². The monoisotopic (exact) mass is 456 g/mol. The molecule has 0 saturated heterocycles. The zero-order chi connectivity index (χ0) is 24.1. The summed E-state index contributed by atoms with van der Waals surface area (Å²) in [6, 6.07) is 6.92. The highest BCUT2D eigenvalue weighted by Gasteiger charge is 2.47. The molecule has 1 aromatic carbocycles. The van der Waals surface area contributed by atoms with Crippen molar-refractivity contribution in [1.29, 1.82) is 5.26 Å². The van der Waals surface area contributed by atoms with Crippen LogP contribution in [-0.2, 0) is 14.3 Å². The van der Waals surface area contributed by atoms with Crippen molar-refractivity contribution < 1.29 is 24.1 Å². The van der Waals surface area contributed by atoms with Gasteiger partial charge < -0.3 is 24.6 Å². The van der Waals surface area contributed by atoms with E-state index in [4.69, 9.17) is 14.2 Å². The highest BCUT2D eigenvalue weighted by atomic mass is 16.5. The predicted octanol–water partition coefficient (Wildman–Crippen LogP) is 4.34. The first-order valence-corrected chi connectivity index (χ1v) is 11.8. The van der Waals surface area contributed by atoms with E-state index in [1.165, 1.54) is 6.08 Å². The van der Waals surface area contributed by atoms with Crippen molar-refractivity contribution in [3.63, 3.8) is 0 Å². The van der Waals surface area contributed by atoms with E-state index in [1.807, 2.05) is 13.8 Å². The molecule has 0 saturated carbocycles. The van der Waals surface area contributed by atoms with Gasteiger partial charge in [0.15, 0.2) is 0 Å². The molecular weight excluding hydrogens is 420 g/mol. The van der Waals surface area contributed by atoms with Crippen LogP contribution in [0.4, 0.5) is 0 Å². The maximum Gasteiger partial charge on any atom is 0.137 e. The van der Waals surface area contributed by atoms with Gasteiger partial charge >= 0.3 is 0 Å². The maximum atomic E-state index is 11.3. The van der Waals surface area contributed by atoms with Gasteiger partial charge in [-0.15, -0.1) is 0 Å². The molecule has 0 aliphatic carbocycles. The number of aliphatic hydroxyl groups is 1. The topological polar surface area (TPSA) is 101 Å². The second-order valence-corrected chi connectivity index (χ2v) is 8.18. The fourth-order valence-electron chi connectivity index (χ4n) is 3.99. The highest BCUT2D eigenvalue weighted by molar-refractivity contribution is 5.47. The molecule has 33 heavy (non-hydrogen) atoms. The average Bonchev–Trinajstić information content (AvgIpc) is 2.84. The molecule has 0 unspecified atom stereocenters. The fraction of sp³-hybridized carbons (Fsp3) is 0.577. The number of benzene rings is 1. The Morgan fingerprint density at radius 2 is 2.06 bits per heavy atom. The van der Waals surface area contributed by atoms with Crippen LogP contribution >= 0.6 is 0 Å². The van der Waals surface area contributed by atoms with Crippen molar-refractivity contribution in [3.05, 3.63) is 47.4 Å². The first-order chi connectivity index (χ1) is 16.0. The van der Waals surface area contributed by atoms with E-state index in [0.29, 0.717) is 36.5 Å². The minimum absolute atomic E-state index is 0.142. The van der Waals surface area contributed by atoms with Gasteiger partial charge in [-0.1, -0.05) is 40.0 Å². The fourth-order valence-corrected chi connectivity index (χ4v) is 3.99. The van der Waals surface area contributed by atoms with Crippen LogP contribution in [0, 0.1) is 11.3 Å². The number of fused-ring (bicyclic) bond motifs is 1. The number of hydrogen-bond donors (Lipinski definition) is 2. The first-order valence-electron chi connectivity index (χ1n) is 11.8. The third-order valence-electron chi connectivity index (χ3n) is 6.08. The molecule has 0 spiro atoms. The van der Waals surface area contributed by atoms with Crippen LogP contribution < -0.4 is 10.1 Å². The number of aliphatic hydroxyl groups excluding tert-OH is 1. The molecule has 2 rings (SSSR count). The van der Waals surface area contributed by atoms with E-state index in [9.17, 15) is 15.2 Å².